The van der Waals surface area contributed by atoms with Crippen LogP contribution in [0.3, 0.4) is 0 Å². The minimum Gasteiger partial charge on any atom is -0.503 e. The number of benzene rings is 2. The molecule has 10 heteroatoms. The summed E-state index contributed by atoms with van der Waals surface area (Å²) in [6.45, 7) is 7.17. The first-order valence-corrected chi connectivity index (χ1v) is 13.6. The summed E-state index contributed by atoms with van der Waals surface area (Å²) in [5.74, 6) is -0.268. The number of carbonyl (C=O) groups excluding carboxylic acids is 2. The molecule has 0 radical (unpaired) electrons. The fourth-order valence-corrected chi connectivity index (χ4v) is 5.46. The molecule has 1 N–H and O–H groups in total. The number of aromatic nitrogens is 1. The average molecular weight is 549 g/mol. The molecule has 39 heavy (non-hydrogen) atoms. The second-order valence-corrected chi connectivity index (χ2v) is 9.70. The number of rotatable bonds is 11. The standard InChI is InChI=1S/C29H28N2O7S/c1-4-13-37-20-12-9-17(15-22(20)36-6-3)25-24(26(32)21-8-7-14-38-21)27(33)28(34)31(25)29-30-19-11-10-18(35-5-2)16-23(19)39-29/h7-12,14-16,25,33H,4-6,13H2,1-3H3. The number of Topliss-reactive ketones (excluding diaryl/α,β-unsaturated/α-hetero) is 1. The van der Waals surface area contributed by atoms with E-state index in [-0.39, 0.29) is 11.3 Å². The Bertz CT molecular complexity index is 1540. The number of hydrogen-bond donors (Lipinski definition) is 1. The van der Waals surface area contributed by atoms with E-state index in [1.54, 1.807) is 24.3 Å². The minimum atomic E-state index is -0.985. The monoisotopic (exact) mass is 548 g/mol. The van der Waals surface area contributed by atoms with Crippen LogP contribution in [0.2, 0.25) is 0 Å². The fraction of sp³-hybridized carbons (Fsp3) is 0.276. The summed E-state index contributed by atoms with van der Waals surface area (Å²) in [6.07, 6.45) is 2.18. The highest BCUT2D eigenvalue weighted by Gasteiger charge is 2.46. The van der Waals surface area contributed by atoms with Crippen LogP contribution in [0.5, 0.6) is 17.2 Å². The number of aliphatic hydroxyl groups is 1. The normalized spacial score (nSPS) is 15.3. The van der Waals surface area contributed by atoms with Gasteiger partial charge in [-0.15, -0.1) is 0 Å². The number of aliphatic hydroxyl groups excluding tert-OH is 1. The second-order valence-electron chi connectivity index (χ2n) is 8.69. The summed E-state index contributed by atoms with van der Waals surface area (Å²) in [7, 11) is 0. The van der Waals surface area contributed by atoms with Crippen molar-refractivity contribution in [3.63, 3.8) is 0 Å². The Hall–Kier alpha value is -4.31. The van der Waals surface area contributed by atoms with Crippen molar-refractivity contribution in [3.05, 3.63) is 77.5 Å². The molecule has 2 aromatic carbocycles. The van der Waals surface area contributed by atoms with Crippen molar-refractivity contribution < 1.29 is 33.3 Å². The molecule has 0 fully saturated rings. The summed E-state index contributed by atoms with van der Waals surface area (Å²) < 4.78 is 23.4. The van der Waals surface area contributed by atoms with Gasteiger partial charge in [0.25, 0.3) is 5.91 Å². The summed E-state index contributed by atoms with van der Waals surface area (Å²) >= 11 is 1.26. The van der Waals surface area contributed by atoms with Gasteiger partial charge >= 0.3 is 0 Å². The SMILES string of the molecule is CCCOc1ccc(C2C(C(=O)c3ccco3)=C(O)C(=O)N2c2nc3ccc(OCC)cc3s2)cc1OCC. The predicted octanol–water partition coefficient (Wildman–Crippen LogP) is 6.26. The fourth-order valence-electron chi connectivity index (χ4n) is 4.44. The van der Waals surface area contributed by atoms with Crippen LogP contribution in [0.25, 0.3) is 10.2 Å². The van der Waals surface area contributed by atoms with Crippen molar-refractivity contribution in [1.82, 2.24) is 4.98 Å². The molecule has 0 aliphatic carbocycles. The van der Waals surface area contributed by atoms with Gasteiger partial charge in [0, 0.05) is 0 Å². The molecular weight excluding hydrogens is 520 g/mol. The van der Waals surface area contributed by atoms with Gasteiger partial charge in [0.1, 0.15) is 5.75 Å². The Morgan fingerprint density at radius 1 is 1.05 bits per heavy atom. The molecule has 1 unspecified atom stereocenters. The van der Waals surface area contributed by atoms with Gasteiger partial charge in [-0.3, -0.25) is 14.5 Å². The number of ether oxygens (including phenoxy) is 3. The lowest BCUT2D eigenvalue weighted by atomic mass is 9.95. The number of furan rings is 1. The van der Waals surface area contributed by atoms with Crippen LogP contribution in [0, 0.1) is 0 Å². The average Bonchev–Trinajstić information content (AvgIpc) is 3.67. The van der Waals surface area contributed by atoms with E-state index in [1.165, 1.54) is 28.6 Å². The Morgan fingerprint density at radius 2 is 1.87 bits per heavy atom. The number of ketones is 1. The Labute approximate surface area is 229 Å². The third-order valence-electron chi connectivity index (χ3n) is 6.11. The van der Waals surface area contributed by atoms with E-state index < -0.39 is 23.5 Å². The number of amides is 1. The van der Waals surface area contributed by atoms with Crippen LogP contribution in [-0.4, -0.2) is 41.6 Å². The number of hydrogen-bond acceptors (Lipinski definition) is 9. The van der Waals surface area contributed by atoms with E-state index in [1.807, 2.05) is 39.0 Å². The second kappa shape index (κ2) is 11.2. The molecular formula is C29H28N2O7S. The number of nitrogens with zero attached hydrogens (tertiary/aromatic N) is 2. The topological polar surface area (TPSA) is 111 Å². The Kier molecular flexibility index (Phi) is 7.56. The van der Waals surface area contributed by atoms with Gasteiger partial charge in [0.2, 0.25) is 5.78 Å². The molecule has 1 amide bonds. The van der Waals surface area contributed by atoms with Crippen LogP contribution in [-0.2, 0) is 4.79 Å². The molecule has 0 saturated heterocycles. The van der Waals surface area contributed by atoms with E-state index in [9.17, 15) is 14.7 Å². The van der Waals surface area contributed by atoms with Crippen LogP contribution in [0.1, 0.15) is 49.4 Å². The molecule has 1 aliphatic rings. The van der Waals surface area contributed by atoms with E-state index in [0.29, 0.717) is 53.3 Å². The molecule has 202 valence electrons. The van der Waals surface area contributed by atoms with Gasteiger partial charge in [0.05, 0.1) is 47.9 Å². The zero-order valence-corrected chi connectivity index (χ0v) is 22.6. The highest BCUT2D eigenvalue weighted by molar-refractivity contribution is 7.22. The molecule has 1 atom stereocenters. The molecule has 0 bridgehead atoms. The van der Waals surface area contributed by atoms with Crippen LogP contribution in [0.4, 0.5) is 5.13 Å². The number of fused-ring (bicyclic) bond motifs is 1. The van der Waals surface area contributed by atoms with Gasteiger partial charge in [-0.25, -0.2) is 4.98 Å². The smallest absolute Gasteiger partial charge is 0.296 e. The third-order valence-corrected chi connectivity index (χ3v) is 7.13. The lowest BCUT2D eigenvalue weighted by Crippen LogP contribution is -2.31. The molecule has 4 aromatic rings. The first-order chi connectivity index (χ1) is 19.0. The van der Waals surface area contributed by atoms with E-state index in [0.717, 1.165) is 11.1 Å². The van der Waals surface area contributed by atoms with Crippen molar-refractivity contribution in [2.45, 2.75) is 33.2 Å². The van der Waals surface area contributed by atoms with Gasteiger partial charge in [-0.1, -0.05) is 24.3 Å². The van der Waals surface area contributed by atoms with Crippen molar-refractivity contribution in [2.75, 3.05) is 24.7 Å². The largest absolute Gasteiger partial charge is 0.503 e. The molecule has 2 aromatic heterocycles. The van der Waals surface area contributed by atoms with Gasteiger partial charge in [-0.05, 0) is 68.3 Å². The van der Waals surface area contributed by atoms with Crippen LogP contribution in [0.15, 0.2) is 70.5 Å². The lowest BCUT2D eigenvalue weighted by molar-refractivity contribution is -0.117. The van der Waals surface area contributed by atoms with Crippen LogP contribution < -0.4 is 19.1 Å². The maximum Gasteiger partial charge on any atom is 0.296 e. The molecule has 0 saturated carbocycles. The first-order valence-electron chi connectivity index (χ1n) is 12.7. The summed E-state index contributed by atoms with van der Waals surface area (Å²) in [4.78, 5) is 33.1. The van der Waals surface area contributed by atoms with Crippen molar-refractivity contribution in [1.29, 1.82) is 0 Å². The minimum absolute atomic E-state index is 0.00906. The quantitative estimate of drug-likeness (QED) is 0.219. The summed E-state index contributed by atoms with van der Waals surface area (Å²) in [6, 6.07) is 12.8. The van der Waals surface area contributed by atoms with E-state index in [2.05, 4.69) is 4.98 Å². The molecule has 1 aliphatic heterocycles. The molecule has 3 heterocycles. The Balaban J connectivity index is 1.64. The zero-order valence-electron chi connectivity index (χ0n) is 21.8. The van der Waals surface area contributed by atoms with Crippen molar-refractivity contribution in [2.24, 2.45) is 0 Å². The molecule has 0 spiro atoms. The third kappa shape index (κ3) is 4.95. The molecule has 9 nitrogen and oxygen atoms in total. The van der Waals surface area contributed by atoms with Crippen molar-refractivity contribution >= 4 is 38.4 Å². The van der Waals surface area contributed by atoms with E-state index >= 15 is 0 Å². The molecule has 5 rings (SSSR count). The van der Waals surface area contributed by atoms with Crippen LogP contribution >= 0.6 is 11.3 Å². The zero-order chi connectivity index (χ0) is 27.5. The number of carbonyl (C=O) groups is 2. The summed E-state index contributed by atoms with van der Waals surface area (Å²) in [5, 5.41) is 11.4. The maximum atomic E-state index is 13.6. The van der Waals surface area contributed by atoms with Crippen molar-refractivity contribution in [3.8, 4) is 17.2 Å². The Morgan fingerprint density at radius 3 is 2.59 bits per heavy atom. The van der Waals surface area contributed by atoms with E-state index in [4.69, 9.17) is 18.6 Å². The summed E-state index contributed by atoms with van der Waals surface area (Å²) in [5.41, 5.74) is 1.10. The highest BCUT2D eigenvalue weighted by atomic mass is 32.1. The predicted molar refractivity (Wildman–Crippen MR) is 147 cm³/mol. The first kappa shape index (κ1) is 26.3. The van der Waals surface area contributed by atoms with Gasteiger partial charge < -0.3 is 23.7 Å². The highest BCUT2D eigenvalue weighted by Crippen LogP contribution is 2.46. The lowest BCUT2D eigenvalue weighted by Gasteiger charge is -2.25. The van der Waals surface area contributed by atoms with Gasteiger partial charge in [-0.2, -0.15) is 0 Å². The maximum absolute atomic E-state index is 13.6. The van der Waals surface area contributed by atoms with Gasteiger partial charge in [0.15, 0.2) is 28.1 Å². The number of anilines is 1. The number of thiazole rings is 1.